The fourth-order valence-electron chi connectivity index (χ4n) is 4.84. The normalized spacial score (nSPS) is 22.7. The lowest BCUT2D eigenvalue weighted by Gasteiger charge is -2.47. The molecule has 2 aromatic carbocycles. The van der Waals surface area contributed by atoms with Crippen LogP contribution in [0.1, 0.15) is 61.3 Å². The van der Waals surface area contributed by atoms with Crippen LogP contribution in [0, 0.1) is 5.92 Å². The molecule has 1 unspecified atom stereocenters. The summed E-state index contributed by atoms with van der Waals surface area (Å²) in [6.45, 7) is 25.5. The molecule has 3 nitrogen and oxygen atoms in total. The van der Waals surface area contributed by atoms with Gasteiger partial charge in [-0.25, -0.2) is 0 Å². The number of hydrogen-bond donors (Lipinski definition) is 0. The van der Waals surface area contributed by atoms with Crippen LogP contribution in [-0.2, 0) is 13.4 Å². The fraction of sp³-hybridized carbons (Fsp3) is 0.576. The third kappa shape index (κ3) is 7.54. The Balaban J connectivity index is 2.01. The predicted molar refractivity (Wildman–Crippen MR) is 175 cm³/mol. The Bertz CT molecular complexity index is 1120. The van der Waals surface area contributed by atoms with Crippen molar-refractivity contribution in [1.82, 2.24) is 0 Å². The average Bonchev–Trinajstić information content (AvgIpc) is 2.84. The van der Waals surface area contributed by atoms with Crippen molar-refractivity contribution in [2.75, 3.05) is 6.16 Å². The van der Waals surface area contributed by atoms with Crippen molar-refractivity contribution in [3.63, 3.8) is 0 Å². The summed E-state index contributed by atoms with van der Waals surface area (Å²) in [6.07, 6.45) is 4.83. The van der Waals surface area contributed by atoms with Crippen LogP contribution < -0.4 is 10.6 Å². The van der Waals surface area contributed by atoms with E-state index in [4.69, 9.17) is 8.85 Å². The monoisotopic (exact) mass is 584 g/mol. The summed E-state index contributed by atoms with van der Waals surface area (Å²) in [4.78, 5) is 0. The van der Waals surface area contributed by atoms with E-state index in [0.29, 0.717) is 6.16 Å². The van der Waals surface area contributed by atoms with Gasteiger partial charge in [-0.1, -0.05) is 121 Å². The second-order valence-corrected chi connectivity index (χ2v) is 26.9. The second-order valence-electron chi connectivity index (χ2n) is 14.5. The van der Waals surface area contributed by atoms with E-state index in [0.717, 1.165) is 23.5 Å². The van der Waals surface area contributed by atoms with Crippen LogP contribution in [0.3, 0.4) is 0 Å². The van der Waals surface area contributed by atoms with Crippen molar-refractivity contribution >= 4 is 34.4 Å². The maximum atomic E-state index is 14.8. The van der Waals surface area contributed by atoms with Crippen LogP contribution in [0.15, 0.2) is 72.3 Å². The molecule has 39 heavy (non-hydrogen) atoms. The minimum atomic E-state index is -2.83. The summed E-state index contributed by atoms with van der Waals surface area (Å²) < 4.78 is 28.9. The van der Waals surface area contributed by atoms with Gasteiger partial charge < -0.3 is 13.4 Å². The first kappa shape index (κ1) is 32.3. The molecule has 1 fully saturated rings. The van der Waals surface area contributed by atoms with Crippen molar-refractivity contribution in [1.29, 1.82) is 0 Å². The van der Waals surface area contributed by atoms with E-state index < -0.39 is 23.8 Å². The third-order valence-electron chi connectivity index (χ3n) is 9.58. The van der Waals surface area contributed by atoms with Crippen LogP contribution in [0.5, 0.6) is 0 Å². The smallest absolute Gasteiger partial charge is 0.192 e. The van der Waals surface area contributed by atoms with Crippen molar-refractivity contribution in [3.8, 4) is 0 Å². The summed E-state index contributed by atoms with van der Waals surface area (Å²) >= 11 is 0. The van der Waals surface area contributed by atoms with Gasteiger partial charge in [-0.3, -0.25) is 0 Å². The lowest BCUT2D eigenvalue weighted by molar-refractivity contribution is 0.0453. The molecule has 0 radical (unpaired) electrons. The van der Waals surface area contributed by atoms with Crippen molar-refractivity contribution in [2.24, 2.45) is 5.92 Å². The molecule has 6 heteroatoms. The van der Waals surface area contributed by atoms with Gasteiger partial charge >= 0.3 is 0 Å². The molecule has 2 aromatic rings. The Kier molecular flexibility index (Phi) is 9.88. The van der Waals surface area contributed by atoms with Gasteiger partial charge in [0.2, 0.25) is 0 Å². The molecule has 3 atom stereocenters. The van der Waals surface area contributed by atoms with Gasteiger partial charge in [-0.15, -0.1) is 0 Å². The van der Waals surface area contributed by atoms with Gasteiger partial charge in [0.15, 0.2) is 16.6 Å². The van der Waals surface area contributed by atoms with Crippen LogP contribution in [0.2, 0.25) is 36.3 Å². The molecular formula is C33H53O3PSi2. The minimum absolute atomic E-state index is 0.105. The summed E-state index contributed by atoms with van der Waals surface area (Å²) in [5.41, 5.74) is 1.33. The molecule has 0 saturated heterocycles. The molecule has 0 amide bonds. The first-order valence-electron chi connectivity index (χ1n) is 14.6. The van der Waals surface area contributed by atoms with Gasteiger partial charge in [-0.2, -0.15) is 0 Å². The van der Waals surface area contributed by atoms with E-state index in [1.54, 1.807) is 0 Å². The first-order valence-corrected chi connectivity index (χ1v) is 22.3. The van der Waals surface area contributed by atoms with Gasteiger partial charge in [-0.05, 0) is 49.1 Å². The quantitative estimate of drug-likeness (QED) is 0.176. The second kappa shape index (κ2) is 11.9. The van der Waals surface area contributed by atoms with E-state index >= 15 is 0 Å². The molecule has 1 aliphatic carbocycles. The Hall–Kier alpha value is -1.24. The number of benzene rings is 2. The average molecular weight is 585 g/mol. The molecule has 0 heterocycles. The van der Waals surface area contributed by atoms with Crippen LogP contribution in [0.4, 0.5) is 0 Å². The first-order chi connectivity index (χ1) is 17.9. The zero-order chi connectivity index (χ0) is 29.3. The zero-order valence-corrected chi connectivity index (χ0v) is 29.3. The minimum Gasteiger partial charge on any atom is -0.414 e. The fourth-order valence-corrected chi connectivity index (χ4v) is 10.1. The highest BCUT2D eigenvalue weighted by Crippen LogP contribution is 2.47. The lowest BCUT2D eigenvalue weighted by atomic mass is 9.81. The number of hydrogen-bond acceptors (Lipinski definition) is 3. The number of rotatable bonds is 8. The van der Waals surface area contributed by atoms with Gasteiger partial charge in [0, 0.05) is 22.7 Å². The molecule has 1 saturated carbocycles. The lowest BCUT2D eigenvalue weighted by Crippen LogP contribution is -2.50. The van der Waals surface area contributed by atoms with Crippen molar-refractivity contribution in [3.05, 3.63) is 72.3 Å². The molecule has 1 aliphatic rings. The van der Waals surface area contributed by atoms with Crippen LogP contribution in [0.25, 0.3) is 0 Å². The topological polar surface area (TPSA) is 35.5 Å². The Morgan fingerprint density at radius 2 is 1.23 bits per heavy atom. The highest BCUT2D eigenvalue weighted by molar-refractivity contribution is 7.78. The van der Waals surface area contributed by atoms with E-state index in [-0.39, 0.29) is 28.2 Å². The van der Waals surface area contributed by atoms with Crippen LogP contribution in [-0.4, -0.2) is 35.0 Å². The predicted octanol–water partition coefficient (Wildman–Crippen LogP) is 9.14. The highest BCUT2D eigenvalue weighted by Gasteiger charge is 2.45. The van der Waals surface area contributed by atoms with Crippen molar-refractivity contribution < 1.29 is 13.4 Å². The van der Waals surface area contributed by atoms with E-state index in [1.165, 1.54) is 5.57 Å². The molecule has 0 spiro atoms. The molecule has 0 aliphatic heterocycles. The van der Waals surface area contributed by atoms with E-state index in [2.05, 4.69) is 80.7 Å². The molecule has 0 aromatic heterocycles. The maximum Gasteiger partial charge on any atom is 0.192 e. The summed E-state index contributed by atoms with van der Waals surface area (Å²) in [7, 11) is -6.77. The standard InChI is InChI=1S/C33H53O3PSi2/c1-26-27(22-23-37(34,29-18-14-12-15-19-29)30-20-16-13-17-21-30)24-28(35-38(8,9)32(2,3)4)25-31(26)36-39(10,11)33(5,6)7/h12-22,26,28,31H,23-25H2,1-11H3/b27-22-/t26?,28-,31-/m0/s1. The molecule has 216 valence electrons. The molecule has 0 bridgehead atoms. The van der Waals surface area contributed by atoms with Gasteiger partial charge in [0.05, 0.1) is 12.2 Å². The van der Waals surface area contributed by atoms with E-state index in [9.17, 15) is 4.57 Å². The van der Waals surface area contributed by atoms with Gasteiger partial charge in [0.25, 0.3) is 0 Å². The Morgan fingerprint density at radius 3 is 1.67 bits per heavy atom. The largest absolute Gasteiger partial charge is 0.414 e. The molecule has 3 rings (SSSR count). The number of allylic oxidation sites excluding steroid dienone is 1. The van der Waals surface area contributed by atoms with Crippen LogP contribution >= 0.6 is 7.14 Å². The zero-order valence-electron chi connectivity index (χ0n) is 26.4. The van der Waals surface area contributed by atoms with E-state index in [1.807, 2.05) is 60.7 Å². The van der Waals surface area contributed by atoms with Crippen molar-refractivity contribution in [2.45, 2.75) is 110 Å². The molecule has 0 N–H and O–H groups in total. The summed E-state index contributed by atoms with van der Waals surface area (Å²) in [6, 6.07) is 20.0. The highest BCUT2D eigenvalue weighted by atomic mass is 31.2. The third-order valence-corrected chi connectivity index (χ3v) is 21.6. The molecular weight excluding hydrogens is 532 g/mol. The Morgan fingerprint density at radius 1 is 0.795 bits per heavy atom. The maximum absolute atomic E-state index is 14.8. The Labute approximate surface area is 241 Å². The SMILES string of the molecule is CC1/C(=C\CP(=O)(c2ccccc2)c2ccccc2)C[C@H](O[Si](C)(C)C(C)(C)C)C[C@@H]1O[Si](C)(C)C(C)(C)C. The van der Waals surface area contributed by atoms with Gasteiger partial charge in [0.1, 0.15) is 7.14 Å². The summed E-state index contributed by atoms with van der Waals surface area (Å²) in [5, 5.41) is 2.12. The summed E-state index contributed by atoms with van der Waals surface area (Å²) in [5.74, 6) is 0.262.